The first kappa shape index (κ1) is 23.8. The van der Waals surface area contributed by atoms with E-state index >= 15 is 0 Å². The number of fused-ring (bicyclic) bond motifs is 3. The molecule has 34 heavy (non-hydrogen) atoms. The van der Waals surface area contributed by atoms with E-state index in [0.717, 1.165) is 22.2 Å². The van der Waals surface area contributed by atoms with Crippen LogP contribution >= 0.6 is 0 Å². The van der Waals surface area contributed by atoms with Crippen molar-refractivity contribution >= 4 is 23.0 Å². The first-order valence-electron chi connectivity index (χ1n) is 11.5. The monoisotopic (exact) mass is 464 g/mol. The van der Waals surface area contributed by atoms with Gasteiger partial charge >= 0.3 is 12.1 Å². The van der Waals surface area contributed by atoms with E-state index in [-0.39, 0.29) is 0 Å². The van der Waals surface area contributed by atoms with Gasteiger partial charge in [0.2, 0.25) is 0 Å². The Morgan fingerprint density at radius 2 is 1.71 bits per heavy atom. The summed E-state index contributed by atoms with van der Waals surface area (Å²) in [5.41, 5.74) is 2.75. The number of benzene rings is 2. The van der Waals surface area contributed by atoms with Gasteiger partial charge in [0.05, 0.1) is 19.3 Å². The molecule has 7 heteroatoms. The Morgan fingerprint density at radius 3 is 2.35 bits per heavy atom. The Hall–Kier alpha value is -3.32. The number of methoxy groups -OCH3 is 1. The smallest absolute Gasteiger partial charge is 0.410 e. The van der Waals surface area contributed by atoms with Crippen LogP contribution < -0.4 is 0 Å². The van der Waals surface area contributed by atoms with E-state index in [2.05, 4.69) is 6.07 Å². The number of aliphatic hydroxyl groups is 1. The SMILES string of the molecule is COC(=O)C(C(O)c1ccccc1)C1c2c(c3ccccc3n2C)CCN1C(=O)OC(C)(C)C. The largest absolute Gasteiger partial charge is 0.469 e. The van der Waals surface area contributed by atoms with Crippen LogP contribution in [0.3, 0.4) is 0 Å². The summed E-state index contributed by atoms with van der Waals surface area (Å²) >= 11 is 0. The summed E-state index contributed by atoms with van der Waals surface area (Å²) in [6, 6.07) is 16.2. The maximum absolute atomic E-state index is 13.4. The van der Waals surface area contributed by atoms with Gasteiger partial charge in [0.25, 0.3) is 0 Å². The van der Waals surface area contributed by atoms with Crippen LogP contribution in [0, 0.1) is 5.92 Å². The summed E-state index contributed by atoms with van der Waals surface area (Å²) in [5, 5.41) is 12.5. The summed E-state index contributed by atoms with van der Waals surface area (Å²) in [4.78, 5) is 28.2. The number of carbonyl (C=O) groups excluding carboxylic acids is 2. The number of rotatable bonds is 4. The number of hydrogen-bond acceptors (Lipinski definition) is 5. The molecule has 4 rings (SSSR count). The third-order valence-electron chi connectivity index (χ3n) is 6.40. The zero-order chi connectivity index (χ0) is 24.6. The molecule has 0 bridgehead atoms. The van der Waals surface area contributed by atoms with Crippen molar-refractivity contribution in [3.05, 3.63) is 71.4 Å². The molecule has 1 aliphatic rings. The molecule has 0 radical (unpaired) electrons. The third kappa shape index (κ3) is 4.28. The summed E-state index contributed by atoms with van der Waals surface area (Å²) in [6.07, 6.45) is -1.10. The molecule has 1 N–H and O–H groups in total. The number of aliphatic hydroxyl groups excluding tert-OH is 1. The van der Waals surface area contributed by atoms with Crippen molar-refractivity contribution in [3.63, 3.8) is 0 Å². The minimum atomic E-state index is -1.19. The number of carbonyl (C=O) groups is 2. The summed E-state index contributed by atoms with van der Waals surface area (Å²) in [5.74, 6) is -1.64. The van der Waals surface area contributed by atoms with Crippen LogP contribution in [0.1, 0.15) is 49.7 Å². The molecule has 0 saturated heterocycles. The number of amides is 1. The van der Waals surface area contributed by atoms with Crippen LogP contribution in [-0.2, 0) is 27.7 Å². The predicted octanol–water partition coefficient (Wildman–Crippen LogP) is 4.54. The lowest BCUT2D eigenvalue weighted by Gasteiger charge is -2.41. The second-order valence-electron chi connectivity index (χ2n) is 9.71. The van der Waals surface area contributed by atoms with Gasteiger partial charge in [-0.3, -0.25) is 9.69 Å². The molecule has 0 fully saturated rings. The molecular weight excluding hydrogens is 432 g/mol. The average Bonchev–Trinajstić information content (AvgIpc) is 3.11. The normalized spacial score (nSPS) is 17.7. The van der Waals surface area contributed by atoms with Gasteiger partial charge in [-0.05, 0) is 44.4 Å². The van der Waals surface area contributed by atoms with Gasteiger partial charge in [-0.25, -0.2) is 4.79 Å². The van der Waals surface area contributed by atoms with Crippen molar-refractivity contribution in [1.29, 1.82) is 0 Å². The molecule has 3 atom stereocenters. The van der Waals surface area contributed by atoms with Gasteiger partial charge in [-0.15, -0.1) is 0 Å². The lowest BCUT2D eigenvalue weighted by molar-refractivity contribution is -0.154. The molecule has 0 saturated carbocycles. The maximum Gasteiger partial charge on any atom is 0.410 e. The minimum absolute atomic E-state index is 0.357. The highest BCUT2D eigenvalue weighted by atomic mass is 16.6. The van der Waals surface area contributed by atoms with Crippen LogP contribution in [0.5, 0.6) is 0 Å². The highest BCUT2D eigenvalue weighted by molar-refractivity contribution is 5.87. The minimum Gasteiger partial charge on any atom is -0.469 e. The van der Waals surface area contributed by atoms with Crippen molar-refractivity contribution in [3.8, 4) is 0 Å². The summed E-state index contributed by atoms with van der Waals surface area (Å²) < 4.78 is 12.9. The summed E-state index contributed by atoms with van der Waals surface area (Å²) in [7, 11) is 3.23. The van der Waals surface area contributed by atoms with E-state index in [0.29, 0.717) is 18.5 Å². The molecule has 1 aliphatic heterocycles. The van der Waals surface area contributed by atoms with E-state index in [1.165, 1.54) is 7.11 Å². The van der Waals surface area contributed by atoms with Crippen LogP contribution in [0.25, 0.3) is 10.9 Å². The van der Waals surface area contributed by atoms with Crippen molar-refractivity contribution in [1.82, 2.24) is 9.47 Å². The van der Waals surface area contributed by atoms with Gasteiger partial charge in [0.1, 0.15) is 11.5 Å². The zero-order valence-corrected chi connectivity index (χ0v) is 20.3. The number of hydrogen-bond donors (Lipinski definition) is 1. The Labute approximate surface area is 199 Å². The molecule has 3 unspecified atom stereocenters. The van der Waals surface area contributed by atoms with E-state index in [9.17, 15) is 14.7 Å². The molecule has 0 spiro atoms. The first-order chi connectivity index (χ1) is 16.1. The number of nitrogens with zero attached hydrogens (tertiary/aromatic N) is 2. The number of para-hydroxylation sites is 1. The van der Waals surface area contributed by atoms with Crippen molar-refractivity contribution < 1.29 is 24.2 Å². The van der Waals surface area contributed by atoms with Crippen molar-refractivity contribution in [2.75, 3.05) is 13.7 Å². The quantitative estimate of drug-likeness (QED) is 0.574. The fourth-order valence-corrected chi connectivity index (χ4v) is 4.96. The van der Waals surface area contributed by atoms with E-state index in [1.807, 2.05) is 68.8 Å². The fourth-order valence-electron chi connectivity index (χ4n) is 4.96. The second-order valence-corrected chi connectivity index (χ2v) is 9.71. The highest BCUT2D eigenvalue weighted by Gasteiger charge is 2.47. The highest BCUT2D eigenvalue weighted by Crippen LogP contribution is 2.45. The maximum atomic E-state index is 13.4. The van der Waals surface area contributed by atoms with Crippen molar-refractivity contribution in [2.24, 2.45) is 13.0 Å². The second kappa shape index (κ2) is 9.14. The molecular formula is C27H32N2O5. The zero-order valence-electron chi connectivity index (χ0n) is 20.3. The molecule has 180 valence electrons. The Bertz CT molecular complexity index is 1190. The number of ether oxygens (including phenoxy) is 2. The third-order valence-corrected chi connectivity index (χ3v) is 6.40. The standard InChI is InChI=1S/C27H32N2O5/c1-27(2,3)34-26(32)29-16-15-19-18-13-9-10-14-20(18)28(4)22(19)23(29)21(25(31)33-5)24(30)17-11-7-6-8-12-17/h6-14,21,23-24,30H,15-16H2,1-5H3. The lowest BCUT2D eigenvalue weighted by atomic mass is 9.82. The van der Waals surface area contributed by atoms with Crippen LogP contribution in [-0.4, -0.2) is 45.9 Å². The Balaban J connectivity index is 1.92. The van der Waals surface area contributed by atoms with Crippen molar-refractivity contribution in [2.45, 2.75) is 44.9 Å². The molecule has 0 aliphatic carbocycles. The summed E-state index contributed by atoms with van der Waals surface area (Å²) in [6.45, 7) is 5.78. The van der Waals surface area contributed by atoms with E-state index in [4.69, 9.17) is 9.47 Å². The van der Waals surface area contributed by atoms with Gasteiger partial charge in [-0.1, -0.05) is 48.5 Å². The molecule has 3 aromatic rings. The van der Waals surface area contributed by atoms with Crippen LogP contribution in [0.15, 0.2) is 54.6 Å². The van der Waals surface area contributed by atoms with Gasteiger partial charge in [0.15, 0.2) is 0 Å². The van der Waals surface area contributed by atoms with Crippen LogP contribution in [0.4, 0.5) is 4.79 Å². The topological polar surface area (TPSA) is 81.0 Å². The number of esters is 1. The lowest BCUT2D eigenvalue weighted by Crippen LogP contribution is -2.49. The predicted molar refractivity (Wildman–Crippen MR) is 129 cm³/mol. The van der Waals surface area contributed by atoms with Gasteiger partial charge in [0, 0.05) is 30.2 Å². The average molecular weight is 465 g/mol. The molecule has 7 nitrogen and oxygen atoms in total. The van der Waals surface area contributed by atoms with Crippen LogP contribution in [0.2, 0.25) is 0 Å². The molecule has 2 heterocycles. The van der Waals surface area contributed by atoms with E-state index < -0.39 is 35.7 Å². The van der Waals surface area contributed by atoms with E-state index in [1.54, 1.807) is 17.0 Å². The Kier molecular flexibility index (Phi) is 6.41. The molecule has 1 amide bonds. The number of aryl methyl sites for hydroxylation is 1. The Morgan fingerprint density at radius 1 is 1.06 bits per heavy atom. The molecule has 1 aromatic heterocycles. The molecule has 2 aromatic carbocycles. The fraction of sp³-hybridized carbons (Fsp3) is 0.407. The van der Waals surface area contributed by atoms with Gasteiger partial charge < -0.3 is 19.1 Å². The van der Waals surface area contributed by atoms with Gasteiger partial charge in [-0.2, -0.15) is 0 Å². The first-order valence-corrected chi connectivity index (χ1v) is 11.5. The number of aromatic nitrogens is 1.